The molecule has 1 aromatic carbocycles. The summed E-state index contributed by atoms with van der Waals surface area (Å²) in [6, 6.07) is 10.5. The summed E-state index contributed by atoms with van der Waals surface area (Å²) in [5.41, 5.74) is 1.34. The van der Waals surface area contributed by atoms with Crippen LogP contribution in [0.3, 0.4) is 0 Å². The molecule has 0 saturated carbocycles. The van der Waals surface area contributed by atoms with Crippen molar-refractivity contribution in [3.8, 4) is 0 Å². The Balaban J connectivity index is 2.16. The summed E-state index contributed by atoms with van der Waals surface area (Å²) in [6.45, 7) is 0. The Kier molecular flexibility index (Phi) is 2.29. The largest absolute Gasteiger partial charge is 0.351 e. The van der Waals surface area contributed by atoms with Crippen LogP contribution < -0.4 is 4.90 Å². The number of anilines is 1. The molecule has 1 aliphatic rings. The van der Waals surface area contributed by atoms with E-state index in [2.05, 4.69) is 35.2 Å². The van der Waals surface area contributed by atoms with Crippen LogP contribution in [0.15, 0.2) is 30.3 Å². The van der Waals surface area contributed by atoms with E-state index in [1.165, 1.54) is 5.69 Å². The zero-order valence-corrected chi connectivity index (χ0v) is 7.70. The highest BCUT2D eigenvalue weighted by atomic mass is 33.1. The SMILES string of the molecule is c1ccc(N2CSSC2)cc1. The number of rotatable bonds is 1. The second-order valence-corrected chi connectivity index (χ2v) is 4.77. The van der Waals surface area contributed by atoms with E-state index in [9.17, 15) is 0 Å². The van der Waals surface area contributed by atoms with E-state index < -0.39 is 0 Å². The predicted octanol–water partition coefficient (Wildman–Crippen LogP) is 2.80. The first kappa shape index (κ1) is 7.37. The van der Waals surface area contributed by atoms with E-state index in [1.54, 1.807) is 0 Å². The predicted molar refractivity (Wildman–Crippen MR) is 53.8 cm³/mol. The van der Waals surface area contributed by atoms with Gasteiger partial charge >= 0.3 is 0 Å². The monoisotopic (exact) mass is 183 g/mol. The van der Waals surface area contributed by atoms with Crippen molar-refractivity contribution >= 4 is 27.3 Å². The van der Waals surface area contributed by atoms with Crippen molar-refractivity contribution < 1.29 is 0 Å². The van der Waals surface area contributed by atoms with Crippen LogP contribution in [0.5, 0.6) is 0 Å². The van der Waals surface area contributed by atoms with E-state index in [1.807, 2.05) is 21.6 Å². The lowest BCUT2D eigenvalue weighted by Crippen LogP contribution is -2.15. The lowest BCUT2D eigenvalue weighted by atomic mass is 10.3. The minimum Gasteiger partial charge on any atom is -0.351 e. The molecule has 1 saturated heterocycles. The van der Waals surface area contributed by atoms with Crippen molar-refractivity contribution in [2.24, 2.45) is 0 Å². The smallest absolute Gasteiger partial charge is 0.0751 e. The molecule has 11 heavy (non-hydrogen) atoms. The standard InChI is InChI=1S/C8H9NS2/c1-2-4-8(5-3-1)9-6-10-11-7-9/h1-5H,6-7H2. The Morgan fingerprint density at radius 3 is 2.27 bits per heavy atom. The molecule has 1 fully saturated rings. The molecule has 0 radical (unpaired) electrons. The van der Waals surface area contributed by atoms with E-state index in [0.717, 1.165) is 11.8 Å². The van der Waals surface area contributed by atoms with Crippen LogP contribution in [-0.4, -0.2) is 11.8 Å². The van der Waals surface area contributed by atoms with Gasteiger partial charge in [0.2, 0.25) is 0 Å². The van der Waals surface area contributed by atoms with Crippen LogP contribution in [0.25, 0.3) is 0 Å². The number of benzene rings is 1. The van der Waals surface area contributed by atoms with Crippen molar-refractivity contribution in [1.82, 2.24) is 0 Å². The molecule has 0 atom stereocenters. The van der Waals surface area contributed by atoms with Crippen LogP contribution in [0.1, 0.15) is 0 Å². The average molecular weight is 183 g/mol. The van der Waals surface area contributed by atoms with Gasteiger partial charge in [-0.25, -0.2) is 0 Å². The second kappa shape index (κ2) is 3.41. The first-order valence-electron chi connectivity index (χ1n) is 3.51. The first-order valence-corrected chi connectivity index (χ1v) is 6.00. The van der Waals surface area contributed by atoms with Gasteiger partial charge < -0.3 is 4.90 Å². The van der Waals surface area contributed by atoms with Gasteiger partial charge in [-0.05, 0) is 12.1 Å². The van der Waals surface area contributed by atoms with E-state index in [0.29, 0.717) is 0 Å². The summed E-state index contributed by atoms with van der Waals surface area (Å²) in [7, 11) is 3.84. The summed E-state index contributed by atoms with van der Waals surface area (Å²) in [5.74, 6) is 2.24. The minimum atomic E-state index is 1.12. The fourth-order valence-electron chi connectivity index (χ4n) is 1.03. The first-order chi connectivity index (χ1) is 5.47. The topological polar surface area (TPSA) is 3.24 Å². The van der Waals surface area contributed by atoms with Gasteiger partial charge in [0.15, 0.2) is 0 Å². The van der Waals surface area contributed by atoms with Crippen molar-refractivity contribution in [2.45, 2.75) is 0 Å². The lowest BCUT2D eigenvalue weighted by molar-refractivity contribution is 1.08. The Labute approximate surface area is 74.6 Å². The van der Waals surface area contributed by atoms with Gasteiger partial charge in [0.25, 0.3) is 0 Å². The van der Waals surface area contributed by atoms with Crippen LogP contribution in [0, 0.1) is 0 Å². The molecule has 1 nitrogen and oxygen atoms in total. The fourth-order valence-corrected chi connectivity index (χ4v) is 3.24. The average Bonchev–Trinajstić information content (AvgIpc) is 2.58. The normalized spacial score (nSPS) is 17.3. The Morgan fingerprint density at radius 1 is 1.00 bits per heavy atom. The van der Waals surface area contributed by atoms with Crippen LogP contribution >= 0.6 is 21.6 Å². The van der Waals surface area contributed by atoms with Gasteiger partial charge in [-0.3, -0.25) is 0 Å². The highest BCUT2D eigenvalue weighted by Gasteiger charge is 2.11. The third-order valence-electron chi connectivity index (χ3n) is 1.62. The van der Waals surface area contributed by atoms with Crippen molar-refractivity contribution in [2.75, 3.05) is 16.7 Å². The van der Waals surface area contributed by atoms with Gasteiger partial charge in [0, 0.05) is 5.69 Å². The minimum absolute atomic E-state index is 1.12. The maximum Gasteiger partial charge on any atom is 0.0751 e. The Morgan fingerprint density at radius 2 is 1.64 bits per heavy atom. The maximum absolute atomic E-state index is 2.37. The lowest BCUT2D eigenvalue weighted by Gasteiger charge is -2.14. The van der Waals surface area contributed by atoms with E-state index in [4.69, 9.17) is 0 Å². The molecule has 2 rings (SSSR count). The third kappa shape index (κ3) is 1.65. The van der Waals surface area contributed by atoms with Crippen molar-refractivity contribution in [3.05, 3.63) is 30.3 Å². The van der Waals surface area contributed by atoms with E-state index >= 15 is 0 Å². The van der Waals surface area contributed by atoms with Crippen LogP contribution in [0.2, 0.25) is 0 Å². The Hall–Kier alpha value is -0.280. The van der Waals surface area contributed by atoms with Crippen LogP contribution in [-0.2, 0) is 0 Å². The summed E-state index contributed by atoms with van der Waals surface area (Å²) < 4.78 is 0. The maximum atomic E-state index is 2.37. The second-order valence-electron chi connectivity index (χ2n) is 2.37. The molecule has 1 aliphatic heterocycles. The number of hydrogen-bond acceptors (Lipinski definition) is 3. The van der Waals surface area contributed by atoms with Crippen molar-refractivity contribution in [3.63, 3.8) is 0 Å². The Bertz CT molecular complexity index is 219. The molecular formula is C8H9NS2. The van der Waals surface area contributed by atoms with Gasteiger partial charge in [-0.15, -0.1) is 0 Å². The van der Waals surface area contributed by atoms with E-state index in [-0.39, 0.29) is 0 Å². The molecule has 0 bridgehead atoms. The molecule has 0 spiro atoms. The highest BCUT2D eigenvalue weighted by molar-refractivity contribution is 8.77. The van der Waals surface area contributed by atoms with Crippen LogP contribution in [0.4, 0.5) is 5.69 Å². The molecule has 58 valence electrons. The molecular weight excluding hydrogens is 174 g/mol. The molecule has 0 N–H and O–H groups in total. The van der Waals surface area contributed by atoms with Gasteiger partial charge in [-0.1, -0.05) is 39.8 Å². The molecule has 3 heteroatoms. The summed E-state index contributed by atoms with van der Waals surface area (Å²) in [6.07, 6.45) is 0. The zero-order chi connectivity index (χ0) is 7.52. The fraction of sp³-hybridized carbons (Fsp3) is 0.250. The summed E-state index contributed by atoms with van der Waals surface area (Å²) >= 11 is 0. The molecule has 0 unspecified atom stereocenters. The van der Waals surface area contributed by atoms with Gasteiger partial charge in [0.05, 0.1) is 11.8 Å². The zero-order valence-electron chi connectivity index (χ0n) is 6.06. The molecule has 1 heterocycles. The van der Waals surface area contributed by atoms with Crippen molar-refractivity contribution in [1.29, 1.82) is 0 Å². The molecule has 0 aliphatic carbocycles. The summed E-state index contributed by atoms with van der Waals surface area (Å²) in [4.78, 5) is 2.37. The summed E-state index contributed by atoms with van der Waals surface area (Å²) in [5, 5.41) is 0. The number of nitrogens with zero attached hydrogens (tertiary/aromatic N) is 1. The number of para-hydroxylation sites is 1. The molecule has 1 aromatic rings. The molecule has 0 aromatic heterocycles. The quantitative estimate of drug-likeness (QED) is 0.616. The third-order valence-corrected chi connectivity index (χ3v) is 3.76. The van der Waals surface area contributed by atoms with Gasteiger partial charge in [0.1, 0.15) is 0 Å². The van der Waals surface area contributed by atoms with Gasteiger partial charge in [-0.2, -0.15) is 0 Å². The highest BCUT2D eigenvalue weighted by Crippen LogP contribution is 2.34. The number of hydrogen-bond donors (Lipinski definition) is 0. The molecule has 0 amide bonds.